The number of anilines is 1. The number of thiophene rings is 1. The molecule has 2 aromatic heterocycles. The monoisotopic (exact) mass is 443 g/mol. The van der Waals surface area contributed by atoms with Crippen LogP contribution in [0.15, 0.2) is 39.4 Å². The zero-order valence-electron chi connectivity index (χ0n) is 17.7. The largest absolute Gasteiger partial charge is 0.421 e. The first-order valence-electron chi connectivity index (χ1n) is 10.4. The number of benzene rings is 1. The molecule has 0 bridgehead atoms. The van der Waals surface area contributed by atoms with Gasteiger partial charge in [-0.1, -0.05) is 0 Å². The molecule has 0 radical (unpaired) electrons. The van der Waals surface area contributed by atoms with E-state index in [1.807, 2.05) is 29.8 Å². The molecule has 164 valence electrons. The summed E-state index contributed by atoms with van der Waals surface area (Å²) in [6.45, 7) is 5.54. The van der Waals surface area contributed by atoms with E-state index < -0.39 is 0 Å². The summed E-state index contributed by atoms with van der Waals surface area (Å²) >= 11 is 1.55. The molecule has 4 rings (SSSR count). The van der Waals surface area contributed by atoms with Crippen molar-refractivity contribution in [2.45, 2.75) is 25.8 Å². The third kappa shape index (κ3) is 5.29. The predicted molar refractivity (Wildman–Crippen MR) is 119 cm³/mol. The molecule has 0 spiro atoms. The lowest BCUT2D eigenvalue weighted by Crippen LogP contribution is -2.45. The SMILES string of the molecule is CC(NC(=O)CCc1nnc(-c2ccsc2)o1)c1cc(F)ccc1N1CCN(C)CC1. The maximum atomic E-state index is 14.0. The summed E-state index contributed by atoms with van der Waals surface area (Å²) in [6.07, 6.45) is 0.568. The number of nitrogens with zero attached hydrogens (tertiary/aromatic N) is 4. The molecule has 3 heterocycles. The highest BCUT2D eigenvalue weighted by molar-refractivity contribution is 7.08. The van der Waals surface area contributed by atoms with Crippen LogP contribution in [0.3, 0.4) is 0 Å². The topological polar surface area (TPSA) is 74.5 Å². The van der Waals surface area contributed by atoms with Gasteiger partial charge in [0, 0.05) is 61.2 Å². The number of hydrogen-bond acceptors (Lipinski definition) is 7. The summed E-state index contributed by atoms with van der Waals surface area (Å²) in [6, 6.07) is 6.40. The lowest BCUT2D eigenvalue weighted by molar-refractivity contribution is -0.121. The summed E-state index contributed by atoms with van der Waals surface area (Å²) in [5.41, 5.74) is 2.64. The molecule has 1 unspecified atom stereocenters. The first kappa shape index (κ1) is 21.5. The van der Waals surface area contributed by atoms with E-state index in [9.17, 15) is 9.18 Å². The van der Waals surface area contributed by atoms with Crippen LogP contribution in [-0.4, -0.2) is 54.2 Å². The Hall–Kier alpha value is -2.78. The minimum Gasteiger partial charge on any atom is -0.421 e. The molecular formula is C22H26FN5O2S. The predicted octanol–water partition coefficient (Wildman–Crippen LogP) is 3.50. The molecule has 1 N–H and O–H groups in total. The lowest BCUT2D eigenvalue weighted by Gasteiger charge is -2.36. The summed E-state index contributed by atoms with van der Waals surface area (Å²) in [7, 11) is 2.10. The third-order valence-corrected chi connectivity index (χ3v) is 6.16. The fourth-order valence-corrected chi connectivity index (χ4v) is 4.31. The number of aromatic nitrogens is 2. The lowest BCUT2D eigenvalue weighted by atomic mass is 10.0. The molecule has 1 saturated heterocycles. The standard InChI is InChI=1S/C22H26FN5O2S/c1-15(18-13-17(23)3-4-19(18)28-10-8-27(2)9-11-28)24-20(29)5-6-21-25-26-22(30-21)16-7-12-31-14-16/h3-4,7,12-15H,5-6,8-11H2,1-2H3,(H,24,29). The highest BCUT2D eigenvalue weighted by Gasteiger charge is 2.21. The van der Waals surface area contributed by atoms with E-state index in [0.29, 0.717) is 18.2 Å². The van der Waals surface area contributed by atoms with Gasteiger partial charge in [-0.15, -0.1) is 10.2 Å². The highest BCUT2D eigenvalue weighted by atomic mass is 32.1. The van der Waals surface area contributed by atoms with Gasteiger partial charge in [-0.2, -0.15) is 11.3 Å². The molecular weight excluding hydrogens is 417 g/mol. The molecule has 0 aliphatic carbocycles. The Morgan fingerprint density at radius 2 is 2.06 bits per heavy atom. The van der Waals surface area contributed by atoms with E-state index in [1.165, 1.54) is 12.1 Å². The van der Waals surface area contributed by atoms with Gasteiger partial charge in [-0.05, 0) is 43.6 Å². The average molecular weight is 444 g/mol. The second-order valence-electron chi connectivity index (χ2n) is 7.80. The van der Waals surface area contributed by atoms with Crippen molar-refractivity contribution in [3.8, 4) is 11.5 Å². The maximum Gasteiger partial charge on any atom is 0.248 e. The zero-order valence-corrected chi connectivity index (χ0v) is 18.5. The quantitative estimate of drug-likeness (QED) is 0.603. The van der Waals surface area contributed by atoms with Gasteiger partial charge < -0.3 is 19.5 Å². The molecule has 1 fully saturated rings. The molecule has 31 heavy (non-hydrogen) atoms. The molecule has 1 aromatic carbocycles. The van der Waals surface area contributed by atoms with Gasteiger partial charge in [0.05, 0.1) is 6.04 Å². The maximum absolute atomic E-state index is 14.0. The highest BCUT2D eigenvalue weighted by Crippen LogP contribution is 2.28. The van der Waals surface area contributed by atoms with Crippen LogP contribution >= 0.6 is 11.3 Å². The number of carbonyl (C=O) groups excluding carboxylic acids is 1. The van der Waals surface area contributed by atoms with E-state index in [0.717, 1.165) is 43.0 Å². The normalized spacial score (nSPS) is 15.8. The molecule has 3 aromatic rings. The fraction of sp³-hybridized carbons (Fsp3) is 0.409. The first-order valence-corrected chi connectivity index (χ1v) is 11.3. The van der Waals surface area contributed by atoms with Crippen LogP contribution in [0, 0.1) is 5.82 Å². The van der Waals surface area contributed by atoms with E-state index in [4.69, 9.17) is 4.42 Å². The van der Waals surface area contributed by atoms with Crippen molar-refractivity contribution in [2.75, 3.05) is 38.1 Å². The van der Waals surface area contributed by atoms with Crippen molar-refractivity contribution in [1.82, 2.24) is 20.4 Å². The van der Waals surface area contributed by atoms with Crippen molar-refractivity contribution >= 4 is 22.9 Å². The molecule has 9 heteroatoms. The summed E-state index contributed by atoms with van der Waals surface area (Å²) < 4.78 is 19.6. The second-order valence-corrected chi connectivity index (χ2v) is 8.58. The summed E-state index contributed by atoms with van der Waals surface area (Å²) in [5.74, 6) is 0.437. The number of amides is 1. The number of piperazine rings is 1. The Morgan fingerprint density at radius 3 is 2.81 bits per heavy atom. The number of carbonyl (C=O) groups is 1. The van der Waals surface area contributed by atoms with Gasteiger partial charge in [-0.25, -0.2) is 4.39 Å². The van der Waals surface area contributed by atoms with Crippen molar-refractivity contribution in [3.05, 3.63) is 52.3 Å². The Labute approximate surface area is 184 Å². The Kier molecular flexibility index (Phi) is 6.62. The molecule has 1 aliphatic heterocycles. The summed E-state index contributed by atoms with van der Waals surface area (Å²) in [4.78, 5) is 17.1. The Bertz CT molecular complexity index is 1010. The van der Waals surface area contributed by atoms with E-state index in [-0.39, 0.29) is 24.2 Å². The van der Waals surface area contributed by atoms with Crippen LogP contribution < -0.4 is 10.2 Å². The molecule has 7 nitrogen and oxygen atoms in total. The minimum atomic E-state index is -0.318. The third-order valence-electron chi connectivity index (χ3n) is 5.48. The van der Waals surface area contributed by atoms with Gasteiger partial charge >= 0.3 is 0 Å². The van der Waals surface area contributed by atoms with Gasteiger partial charge in [-0.3, -0.25) is 4.79 Å². The summed E-state index contributed by atoms with van der Waals surface area (Å²) in [5, 5.41) is 14.9. The number of nitrogens with one attached hydrogen (secondary N) is 1. The molecule has 1 amide bonds. The van der Waals surface area contributed by atoms with Crippen molar-refractivity contribution in [1.29, 1.82) is 0 Å². The van der Waals surface area contributed by atoms with E-state index in [1.54, 1.807) is 11.3 Å². The van der Waals surface area contributed by atoms with Crippen molar-refractivity contribution < 1.29 is 13.6 Å². The number of aryl methyl sites for hydroxylation is 1. The number of hydrogen-bond donors (Lipinski definition) is 1. The van der Waals surface area contributed by atoms with Gasteiger partial charge in [0.2, 0.25) is 17.7 Å². The van der Waals surface area contributed by atoms with Crippen LogP contribution in [0.5, 0.6) is 0 Å². The Morgan fingerprint density at radius 1 is 1.26 bits per heavy atom. The zero-order chi connectivity index (χ0) is 21.8. The van der Waals surface area contributed by atoms with Gasteiger partial charge in [0.1, 0.15) is 5.82 Å². The van der Waals surface area contributed by atoms with Gasteiger partial charge in [0.15, 0.2) is 0 Å². The van der Waals surface area contributed by atoms with Crippen molar-refractivity contribution in [2.24, 2.45) is 0 Å². The van der Waals surface area contributed by atoms with E-state index in [2.05, 4.69) is 32.4 Å². The van der Waals surface area contributed by atoms with Gasteiger partial charge in [0.25, 0.3) is 0 Å². The van der Waals surface area contributed by atoms with Crippen LogP contribution in [0.4, 0.5) is 10.1 Å². The Balaban J connectivity index is 1.37. The fourth-order valence-electron chi connectivity index (χ4n) is 3.68. The second kappa shape index (κ2) is 9.57. The van der Waals surface area contributed by atoms with E-state index >= 15 is 0 Å². The molecule has 1 atom stereocenters. The van der Waals surface area contributed by atoms with Crippen molar-refractivity contribution in [3.63, 3.8) is 0 Å². The first-order chi connectivity index (χ1) is 15.0. The number of halogens is 1. The number of rotatable bonds is 7. The van der Waals surface area contributed by atoms with Crippen LogP contribution in [0.1, 0.15) is 30.8 Å². The van der Waals surface area contributed by atoms with Crippen LogP contribution in [-0.2, 0) is 11.2 Å². The average Bonchev–Trinajstić information content (AvgIpc) is 3.45. The number of likely N-dealkylation sites (N-methyl/N-ethyl adjacent to an activating group) is 1. The van der Waals surface area contributed by atoms with Crippen LogP contribution in [0.25, 0.3) is 11.5 Å². The molecule has 0 saturated carbocycles. The molecule has 1 aliphatic rings. The smallest absolute Gasteiger partial charge is 0.248 e. The minimum absolute atomic E-state index is 0.142. The van der Waals surface area contributed by atoms with Crippen LogP contribution in [0.2, 0.25) is 0 Å².